The van der Waals surface area contributed by atoms with Crippen LogP contribution in [0.25, 0.3) is 0 Å². The SMILES string of the molecule is CS(=O)(=O)c1nnc(C(F)(F)F)n1/N=C/c1ccccc1Br. The number of sulfone groups is 1. The molecule has 0 fully saturated rings. The van der Waals surface area contributed by atoms with Crippen LogP contribution in [0, 0.1) is 0 Å². The zero-order valence-electron chi connectivity index (χ0n) is 10.9. The highest BCUT2D eigenvalue weighted by atomic mass is 79.9. The zero-order chi connectivity index (χ0) is 16.5. The fraction of sp³-hybridized carbons (Fsp3) is 0.182. The van der Waals surface area contributed by atoms with Gasteiger partial charge in [0.05, 0.1) is 6.21 Å². The van der Waals surface area contributed by atoms with Gasteiger partial charge in [0.15, 0.2) is 0 Å². The van der Waals surface area contributed by atoms with E-state index in [1.807, 2.05) is 0 Å². The molecule has 1 aromatic heterocycles. The Morgan fingerprint density at radius 2 is 1.91 bits per heavy atom. The maximum absolute atomic E-state index is 12.9. The van der Waals surface area contributed by atoms with Gasteiger partial charge in [-0.2, -0.15) is 22.9 Å². The molecular formula is C11H8BrF3N4O2S. The van der Waals surface area contributed by atoms with Crippen molar-refractivity contribution in [1.82, 2.24) is 14.9 Å². The van der Waals surface area contributed by atoms with Crippen LogP contribution in [0.4, 0.5) is 13.2 Å². The number of rotatable bonds is 3. The van der Waals surface area contributed by atoms with E-state index in [2.05, 4.69) is 31.2 Å². The van der Waals surface area contributed by atoms with E-state index in [0.29, 0.717) is 10.0 Å². The van der Waals surface area contributed by atoms with Crippen LogP contribution < -0.4 is 0 Å². The fourth-order valence-electron chi connectivity index (χ4n) is 1.48. The predicted octanol–water partition coefficient (Wildman–Crippen LogP) is 2.35. The van der Waals surface area contributed by atoms with Gasteiger partial charge in [0, 0.05) is 16.3 Å². The summed E-state index contributed by atoms with van der Waals surface area (Å²) in [5.74, 6) is -1.52. The third-order valence-electron chi connectivity index (χ3n) is 2.41. The Morgan fingerprint density at radius 3 is 2.45 bits per heavy atom. The third kappa shape index (κ3) is 3.53. The van der Waals surface area contributed by atoms with Crippen molar-refractivity contribution < 1.29 is 21.6 Å². The lowest BCUT2D eigenvalue weighted by atomic mass is 10.2. The normalized spacial score (nSPS) is 13.0. The summed E-state index contributed by atoms with van der Waals surface area (Å²) in [6.07, 6.45) is -3.08. The van der Waals surface area contributed by atoms with Crippen LogP contribution in [-0.4, -0.2) is 35.8 Å². The van der Waals surface area contributed by atoms with E-state index >= 15 is 0 Å². The van der Waals surface area contributed by atoms with Crippen LogP contribution in [0.5, 0.6) is 0 Å². The maximum atomic E-state index is 12.9. The first-order chi connectivity index (χ1) is 10.1. The number of halogens is 4. The number of nitrogens with zero attached hydrogens (tertiary/aromatic N) is 4. The maximum Gasteiger partial charge on any atom is 0.453 e. The van der Waals surface area contributed by atoms with Gasteiger partial charge in [0.25, 0.3) is 11.0 Å². The van der Waals surface area contributed by atoms with E-state index in [1.54, 1.807) is 24.3 Å². The second-order valence-electron chi connectivity index (χ2n) is 4.15. The molecule has 0 spiro atoms. The summed E-state index contributed by atoms with van der Waals surface area (Å²) in [5.41, 5.74) is 0.462. The summed E-state index contributed by atoms with van der Waals surface area (Å²) >= 11 is 3.20. The molecule has 0 bridgehead atoms. The van der Waals surface area contributed by atoms with Crippen molar-refractivity contribution in [2.24, 2.45) is 5.10 Å². The van der Waals surface area contributed by atoms with Crippen LogP contribution in [-0.2, 0) is 16.0 Å². The number of hydrogen-bond donors (Lipinski definition) is 0. The third-order valence-corrected chi connectivity index (χ3v) is 4.05. The molecule has 11 heteroatoms. The van der Waals surface area contributed by atoms with Gasteiger partial charge in [-0.05, 0) is 6.07 Å². The first kappa shape index (κ1) is 16.6. The van der Waals surface area contributed by atoms with E-state index < -0.39 is 27.0 Å². The molecule has 118 valence electrons. The fourth-order valence-corrected chi connectivity index (χ4v) is 2.50. The van der Waals surface area contributed by atoms with Crippen molar-refractivity contribution in [2.75, 3.05) is 6.26 Å². The molecule has 2 rings (SSSR count). The highest BCUT2D eigenvalue weighted by Gasteiger charge is 2.40. The molecular weight excluding hydrogens is 389 g/mol. The molecule has 0 aliphatic heterocycles. The lowest BCUT2D eigenvalue weighted by Crippen LogP contribution is -2.15. The molecule has 22 heavy (non-hydrogen) atoms. The molecule has 0 aliphatic carbocycles. The first-order valence-electron chi connectivity index (χ1n) is 5.62. The highest BCUT2D eigenvalue weighted by Crippen LogP contribution is 2.29. The van der Waals surface area contributed by atoms with E-state index in [0.717, 1.165) is 12.5 Å². The van der Waals surface area contributed by atoms with Gasteiger partial charge in [0.2, 0.25) is 9.84 Å². The number of aromatic nitrogens is 3. The van der Waals surface area contributed by atoms with E-state index in [1.165, 1.54) is 0 Å². The van der Waals surface area contributed by atoms with Crippen molar-refractivity contribution in [3.63, 3.8) is 0 Å². The number of alkyl halides is 3. The summed E-state index contributed by atoms with van der Waals surface area (Å²) in [7, 11) is -4.02. The quantitative estimate of drug-likeness (QED) is 0.746. The molecule has 0 aliphatic rings. The van der Waals surface area contributed by atoms with Gasteiger partial charge in [-0.25, -0.2) is 8.42 Å². The molecule has 0 N–H and O–H groups in total. The Morgan fingerprint density at radius 1 is 1.27 bits per heavy atom. The lowest BCUT2D eigenvalue weighted by molar-refractivity contribution is -0.147. The van der Waals surface area contributed by atoms with Crippen LogP contribution in [0.2, 0.25) is 0 Å². The Labute approximate surface area is 131 Å². The van der Waals surface area contributed by atoms with Gasteiger partial charge in [-0.15, -0.1) is 10.2 Å². The highest BCUT2D eigenvalue weighted by molar-refractivity contribution is 9.10. The van der Waals surface area contributed by atoms with Gasteiger partial charge in [-0.3, -0.25) is 0 Å². The second kappa shape index (κ2) is 5.80. The predicted molar refractivity (Wildman–Crippen MR) is 75.3 cm³/mol. The van der Waals surface area contributed by atoms with Crippen LogP contribution in [0.1, 0.15) is 11.4 Å². The average Bonchev–Trinajstić information content (AvgIpc) is 2.81. The molecule has 1 aromatic carbocycles. The minimum Gasteiger partial charge on any atom is -0.221 e. The molecule has 0 amide bonds. The number of hydrogen-bond acceptors (Lipinski definition) is 5. The smallest absolute Gasteiger partial charge is 0.221 e. The summed E-state index contributed by atoms with van der Waals surface area (Å²) in [6.45, 7) is 0. The van der Waals surface area contributed by atoms with E-state index in [-0.39, 0.29) is 4.68 Å². The monoisotopic (exact) mass is 396 g/mol. The zero-order valence-corrected chi connectivity index (χ0v) is 13.3. The molecule has 0 saturated carbocycles. The number of benzene rings is 1. The van der Waals surface area contributed by atoms with E-state index in [4.69, 9.17) is 0 Å². The minimum absolute atomic E-state index is 0.161. The van der Waals surface area contributed by atoms with Crippen LogP contribution in [0.3, 0.4) is 0 Å². The Balaban J connectivity index is 2.58. The topological polar surface area (TPSA) is 77.2 Å². The van der Waals surface area contributed by atoms with Gasteiger partial charge in [-0.1, -0.05) is 34.1 Å². The standard InChI is InChI=1S/C11H8BrF3N4O2S/c1-22(20,21)10-18-17-9(11(13,14)15)19(10)16-6-7-4-2-3-5-8(7)12/h2-6H,1H3/b16-6+. The largest absolute Gasteiger partial charge is 0.453 e. The molecule has 0 radical (unpaired) electrons. The van der Waals surface area contributed by atoms with Crippen LogP contribution in [0.15, 0.2) is 39.0 Å². The summed E-state index contributed by atoms with van der Waals surface area (Å²) in [4.78, 5) is 0. The summed E-state index contributed by atoms with van der Waals surface area (Å²) in [5, 5.41) is 8.62. The van der Waals surface area contributed by atoms with Crippen molar-refractivity contribution >= 4 is 32.0 Å². The van der Waals surface area contributed by atoms with Gasteiger partial charge in [0.1, 0.15) is 0 Å². The van der Waals surface area contributed by atoms with Gasteiger partial charge < -0.3 is 0 Å². The average molecular weight is 397 g/mol. The Hall–Kier alpha value is -1.75. The van der Waals surface area contributed by atoms with Crippen LogP contribution >= 0.6 is 15.9 Å². The first-order valence-corrected chi connectivity index (χ1v) is 8.30. The lowest BCUT2D eigenvalue weighted by Gasteiger charge is -2.06. The molecule has 1 heterocycles. The molecule has 0 atom stereocenters. The van der Waals surface area contributed by atoms with Crippen molar-refractivity contribution in [3.8, 4) is 0 Å². The van der Waals surface area contributed by atoms with Gasteiger partial charge >= 0.3 is 6.18 Å². The Bertz CT molecular complexity index is 830. The molecule has 6 nitrogen and oxygen atoms in total. The molecule has 2 aromatic rings. The Kier molecular flexibility index (Phi) is 4.38. The molecule has 0 saturated heterocycles. The van der Waals surface area contributed by atoms with Crippen molar-refractivity contribution in [1.29, 1.82) is 0 Å². The van der Waals surface area contributed by atoms with Crippen molar-refractivity contribution in [2.45, 2.75) is 11.3 Å². The summed E-state index contributed by atoms with van der Waals surface area (Å²) < 4.78 is 62.3. The molecule has 0 unspecified atom stereocenters. The summed E-state index contributed by atoms with van der Waals surface area (Å²) in [6, 6.07) is 6.62. The minimum atomic E-state index is -4.89. The van der Waals surface area contributed by atoms with E-state index in [9.17, 15) is 21.6 Å². The van der Waals surface area contributed by atoms with Crippen molar-refractivity contribution in [3.05, 3.63) is 40.1 Å². The second-order valence-corrected chi connectivity index (χ2v) is 6.92.